The lowest BCUT2D eigenvalue weighted by Gasteiger charge is -2.36. The molecule has 0 aliphatic carbocycles. The molecule has 4 fully saturated rings. The smallest absolute Gasteiger partial charge is 0.264 e. The summed E-state index contributed by atoms with van der Waals surface area (Å²) in [5, 5.41) is 35.0. The van der Waals surface area contributed by atoms with Gasteiger partial charge in [0.25, 0.3) is 23.6 Å². The van der Waals surface area contributed by atoms with Gasteiger partial charge in [-0.15, -0.1) is 43.1 Å². The predicted molar refractivity (Wildman–Crippen MR) is 463 cm³/mol. The number of aldehydes is 1. The molecule has 0 bridgehead atoms. The lowest BCUT2D eigenvalue weighted by Crippen LogP contribution is -2.54. The summed E-state index contributed by atoms with van der Waals surface area (Å²) in [5.41, 5.74) is 10.8. The second-order valence-electron chi connectivity index (χ2n) is 31.6. The molecule has 0 radical (unpaired) electrons. The fourth-order valence-electron chi connectivity index (χ4n) is 16.9. The third-order valence-electron chi connectivity index (χ3n) is 23.6. The number of benzene rings is 4. The zero-order chi connectivity index (χ0) is 85.3. The van der Waals surface area contributed by atoms with Crippen molar-refractivity contribution >= 4 is 134 Å². The van der Waals surface area contributed by atoms with Crippen molar-refractivity contribution in [2.24, 2.45) is 9.98 Å². The Morgan fingerprint density at radius 1 is 0.488 bits per heavy atom. The number of aliphatic imine (C=N–C) groups is 2. The molecular formula is C88H100Cl2N18O11S2. The Labute approximate surface area is 719 Å². The third-order valence-corrected chi connectivity index (χ3v) is 26.5. The number of piperazine rings is 2. The van der Waals surface area contributed by atoms with Crippen molar-refractivity contribution in [3.05, 3.63) is 184 Å². The third kappa shape index (κ3) is 19.0. The van der Waals surface area contributed by atoms with Gasteiger partial charge in [0.05, 0.1) is 57.9 Å². The summed E-state index contributed by atoms with van der Waals surface area (Å²) >= 11 is 15.8. The Bertz CT molecular complexity index is 5390. The first kappa shape index (κ1) is 86.5. The number of nitrogens with one attached hydrogen (secondary N) is 5. The standard InChI is InChI=1S/C44H50ClN9O5S.C27H32ClN5O2S.C17H18N4O4/c1-26-27(2)60-44-37(26)39(29-13-15-30(45)16-14-29)47-32(40-50-49-28(3)53(40)44)25-36(56)46-19-8-6-4-5-7-9-20-51-21-23-52(24-22-51)33-12-10-11-31-38(33)43(59)54(42(31)58)34-17-18-35(55)48-41(34)57;1-17-18(2)36-27-24(17)25(20-10-12-21(28)13-11-20)30-22(26-32-31-19(3)33(26)27)16-23(35)29-14-8-6-4-5-7-9-15-34;22-13-5-4-12(15(23)19-13)21-16(24)10-2-1-3-11(14(10)17(21)25)20-8-6-18-7-9-20/h10-16,32,34H,4-9,17-25H2,1-3H3,(H,46,56)(H,48,55,57);10-13,15,22H,4-9,14,16H2,1-3H3,(H,29,35);1-3,12,18H,4-9H2,(H,19,22,23)/t32-,34?;22-;/m00./s1. The Hall–Kier alpha value is -10.8. The zero-order valence-corrected chi connectivity index (χ0v) is 72.0. The summed E-state index contributed by atoms with van der Waals surface area (Å²) in [6.07, 6.45) is 13.9. The van der Waals surface area contributed by atoms with Gasteiger partial charge in [-0.25, -0.2) is 0 Å². The first-order valence-corrected chi connectivity index (χ1v) is 44.2. The molecule has 8 aliphatic rings. The fourth-order valence-corrected chi connectivity index (χ4v) is 19.6. The Balaban J connectivity index is 0.000000165. The van der Waals surface area contributed by atoms with Crippen LogP contribution in [0.5, 0.6) is 0 Å². The fraction of sp³-hybridized carbons (Fsp3) is 0.443. The van der Waals surface area contributed by atoms with Gasteiger partial charge in [0.1, 0.15) is 52.1 Å². The van der Waals surface area contributed by atoms with Crippen molar-refractivity contribution in [3.63, 3.8) is 0 Å². The number of imide groups is 4. The lowest BCUT2D eigenvalue weighted by atomic mass is 9.99. The molecule has 4 atom stereocenters. The molecule has 10 amide bonds. The molecule has 0 saturated carbocycles. The second-order valence-corrected chi connectivity index (χ2v) is 34.9. The molecule has 4 saturated heterocycles. The number of aryl methyl sites for hydroxylation is 4. The van der Waals surface area contributed by atoms with Crippen molar-refractivity contribution < 1.29 is 52.7 Å². The van der Waals surface area contributed by atoms with Crippen molar-refractivity contribution in [3.8, 4) is 10.0 Å². The molecular weight excluding hydrogens is 1620 g/mol. The Morgan fingerprint density at radius 2 is 0.901 bits per heavy atom. The average Bonchev–Trinajstić information content (AvgIpc) is 1.61. The molecule has 33 heteroatoms. The van der Waals surface area contributed by atoms with Crippen LogP contribution < -0.4 is 36.4 Å². The van der Waals surface area contributed by atoms with E-state index < -0.39 is 65.5 Å². The maximum Gasteiger partial charge on any atom is 0.264 e. The van der Waals surface area contributed by atoms with Gasteiger partial charge < -0.3 is 30.5 Å². The van der Waals surface area contributed by atoms with E-state index in [-0.39, 0.29) is 56.2 Å². The number of aromatic nitrogens is 6. The quantitative estimate of drug-likeness (QED) is 0.0181. The Kier molecular flexibility index (Phi) is 27.8. The maximum absolute atomic E-state index is 13.6. The average molecular weight is 1720 g/mol. The summed E-state index contributed by atoms with van der Waals surface area (Å²) in [6, 6.07) is 23.0. The highest BCUT2D eigenvalue weighted by Crippen LogP contribution is 2.43. The highest BCUT2D eigenvalue weighted by atomic mass is 35.5. The van der Waals surface area contributed by atoms with Crippen LogP contribution >= 0.6 is 45.9 Å². The highest BCUT2D eigenvalue weighted by Gasteiger charge is 2.49. The van der Waals surface area contributed by atoms with Gasteiger partial charge in [0, 0.05) is 127 Å². The summed E-state index contributed by atoms with van der Waals surface area (Å²) in [7, 11) is 0. The van der Waals surface area contributed by atoms with Gasteiger partial charge >= 0.3 is 0 Å². The highest BCUT2D eigenvalue weighted by molar-refractivity contribution is 7.15. The van der Waals surface area contributed by atoms with Crippen molar-refractivity contribution in [2.75, 3.05) is 81.8 Å². The number of thiophene rings is 2. The van der Waals surface area contributed by atoms with Crippen LogP contribution in [0.2, 0.25) is 10.0 Å². The molecule has 29 nitrogen and oxygen atoms in total. The van der Waals surface area contributed by atoms with E-state index >= 15 is 0 Å². The largest absolute Gasteiger partial charge is 0.368 e. The van der Waals surface area contributed by atoms with Crippen LogP contribution in [0.1, 0.15) is 236 Å². The van der Waals surface area contributed by atoms with Crippen LogP contribution in [-0.2, 0) is 33.6 Å². The van der Waals surface area contributed by atoms with E-state index in [2.05, 4.69) is 98.5 Å². The van der Waals surface area contributed by atoms with Crippen LogP contribution in [0.15, 0.2) is 94.9 Å². The maximum atomic E-state index is 13.6. The minimum absolute atomic E-state index is 0.0504. The van der Waals surface area contributed by atoms with E-state index in [0.29, 0.717) is 63.5 Å². The number of hydrogen-bond acceptors (Lipinski definition) is 23. The van der Waals surface area contributed by atoms with Crippen LogP contribution in [0.25, 0.3) is 10.0 Å². The molecule has 2 unspecified atom stereocenters. The van der Waals surface area contributed by atoms with Gasteiger partial charge in [0.2, 0.25) is 35.4 Å². The van der Waals surface area contributed by atoms with Crippen molar-refractivity contribution in [2.45, 2.75) is 181 Å². The summed E-state index contributed by atoms with van der Waals surface area (Å²) < 4.78 is 4.12. The van der Waals surface area contributed by atoms with Crippen LogP contribution in [0.4, 0.5) is 11.4 Å². The minimum atomic E-state index is -0.978. The van der Waals surface area contributed by atoms with E-state index in [1.54, 1.807) is 46.9 Å². The number of piperidine rings is 2. The number of nitrogens with zero attached hydrogens (tertiary/aromatic N) is 13. The zero-order valence-electron chi connectivity index (χ0n) is 68.9. The molecule has 12 heterocycles. The monoisotopic (exact) mass is 1720 g/mol. The van der Waals surface area contributed by atoms with E-state index in [1.807, 2.05) is 74.5 Å². The number of anilines is 2. The van der Waals surface area contributed by atoms with Gasteiger partial charge in [-0.1, -0.05) is 105 Å². The number of fused-ring (bicyclic) bond motifs is 8. The number of unbranched alkanes of at least 4 members (excludes halogenated alkanes) is 10. The lowest BCUT2D eigenvalue weighted by molar-refractivity contribution is -0.137. The topological polar surface area (TPSA) is 350 Å². The van der Waals surface area contributed by atoms with E-state index in [4.69, 9.17) is 33.2 Å². The van der Waals surface area contributed by atoms with E-state index in [1.165, 1.54) is 15.3 Å². The minimum Gasteiger partial charge on any atom is -0.368 e. The van der Waals surface area contributed by atoms with Crippen LogP contribution in [0, 0.1) is 41.5 Å². The number of carbonyl (C=O) groups is 11. The van der Waals surface area contributed by atoms with Gasteiger partial charge in [0.15, 0.2) is 11.6 Å². The number of halogens is 2. The van der Waals surface area contributed by atoms with Gasteiger partial charge in [-0.2, -0.15) is 0 Å². The molecule has 5 N–H and O–H groups in total. The van der Waals surface area contributed by atoms with Gasteiger partial charge in [-0.3, -0.25) is 92.4 Å². The second kappa shape index (κ2) is 38.9. The predicted octanol–water partition coefficient (Wildman–Crippen LogP) is 11.2. The normalized spacial score (nSPS) is 18.7. The van der Waals surface area contributed by atoms with E-state index in [9.17, 15) is 52.7 Å². The summed E-state index contributed by atoms with van der Waals surface area (Å²) in [6.45, 7) is 20.8. The first-order valence-electron chi connectivity index (χ1n) is 41.8. The molecule has 8 aliphatic heterocycles. The van der Waals surface area contributed by atoms with Crippen molar-refractivity contribution in [1.82, 2.24) is 70.8 Å². The molecule has 4 aromatic heterocycles. The molecule has 0 spiro atoms. The molecule has 634 valence electrons. The van der Waals surface area contributed by atoms with Crippen LogP contribution in [-0.4, -0.2) is 205 Å². The van der Waals surface area contributed by atoms with E-state index in [0.717, 1.165) is 218 Å². The van der Waals surface area contributed by atoms with Crippen molar-refractivity contribution in [1.29, 1.82) is 0 Å². The molecule has 121 heavy (non-hydrogen) atoms. The van der Waals surface area contributed by atoms with Crippen LogP contribution in [0.3, 0.4) is 0 Å². The number of carbonyl (C=O) groups excluding carboxylic acids is 11. The number of amides is 10. The molecule has 8 aromatic rings. The molecule has 16 rings (SSSR count). The number of rotatable bonds is 27. The Morgan fingerprint density at radius 3 is 1.33 bits per heavy atom. The molecule has 4 aromatic carbocycles. The van der Waals surface area contributed by atoms with Gasteiger partial charge in [-0.05, 0) is 146 Å². The number of hydrogen-bond donors (Lipinski definition) is 5. The SMILES string of the molecule is Cc1sc2c(c1C)C(c1ccc(Cl)cc1)=N[C@@H](CC(=O)NCCCCCCCC=O)c1nnc(C)n1-2.Cc1sc2c(c1C)C(c1ccc(Cl)cc1)=N[C@@H](CC(=O)NCCCCCCCCN1CCN(c3cccc4c3C(=O)N(C3CCC(=O)NC3=O)C4=O)CC1)c1nnc(C)n1-2.O=C1CCC(N2C(=O)c3cccc(N4CCNCC4)c3C2=O)C(=O)N1. The summed E-state index contributed by atoms with van der Waals surface area (Å²) in [5.74, 6) is -1.04. The summed E-state index contributed by atoms with van der Waals surface area (Å²) in [4.78, 5) is 158. The first-order chi connectivity index (χ1) is 58.5.